The quantitative estimate of drug-likeness (QED) is 0.581. The number of hydrogen-bond acceptors (Lipinski definition) is 8. The highest BCUT2D eigenvalue weighted by Gasteiger charge is 2.39. The summed E-state index contributed by atoms with van der Waals surface area (Å²) >= 11 is 0. The molecule has 1 aromatic heterocycles. The molecule has 1 saturated heterocycles. The maximum absolute atomic E-state index is 12.9. The SMILES string of the molecule is CCOC(=O)[C@@](C)(NCC(=O)N1CCN(S(=O)(=O)c2c(C)noc2C)CC1)C(C)C. The number of hydrogen-bond donors (Lipinski definition) is 1. The van der Waals surface area contributed by atoms with Gasteiger partial charge in [0.05, 0.1) is 13.2 Å². The van der Waals surface area contributed by atoms with Crippen LogP contribution >= 0.6 is 0 Å². The summed E-state index contributed by atoms with van der Waals surface area (Å²) in [5.41, 5.74) is -0.665. The molecule has 1 atom stereocenters. The Morgan fingerprint density at radius 3 is 2.30 bits per heavy atom. The zero-order valence-electron chi connectivity index (χ0n) is 18.5. The number of nitrogens with zero attached hydrogens (tertiary/aromatic N) is 3. The van der Waals surface area contributed by atoms with E-state index in [2.05, 4.69) is 10.5 Å². The molecule has 0 spiro atoms. The molecule has 1 fully saturated rings. The zero-order chi connectivity index (χ0) is 22.7. The fraction of sp³-hybridized carbons (Fsp3) is 0.737. The van der Waals surface area contributed by atoms with Crippen LogP contribution in [0.15, 0.2) is 9.42 Å². The lowest BCUT2D eigenvalue weighted by Gasteiger charge is -2.36. The van der Waals surface area contributed by atoms with Crippen molar-refractivity contribution < 1.29 is 27.3 Å². The van der Waals surface area contributed by atoms with Crippen LogP contribution in [0.3, 0.4) is 0 Å². The summed E-state index contributed by atoms with van der Waals surface area (Å²) in [6, 6.07) is 0. The molecule has 0 aliphatic carbocycles. The number of amides is 1. The largest absolute Gasteiger partial charge is 0.465 e. The molecule has 0 radical (unpaired) electrons. The van der Waals surface area contributed by atoms with Gasteiger partial charge in [-0.2, -0.15) is 4.31 Å². The fourth-order valence-electron chi connectivity index (χ4n) is 3.31. The predicted molar refractivity (Wildman–Crippen MR) is 109 cm³/mol. The van der Waals surface area contributed by atoms with E-state index in [4.69, 9.17) is 9.26 Å². The summed E-state index contributed by atoms with van der Waals surface area (Å²) in [5, 5.41) is 6.76. The molecule has 1 aromatic rings. The summed E-state index contributed by atoms with van der Waals surface area (Å²) in [6.45, 7) is 11.5. The first-order chi connectivity index (χ1) is 13.9. The van der Waals surface area contributed by atoms with Gasteiger partial charge >= 0.3 is 5.97 Å². The molecule has 1 amide bonds. The number of aryl methyl sites for hydroxylation is 2. The molecular weight excluding hydrogens is 412 g/mol. The van der Waals surface area contributed by atoms with Crippen LogP contribution in [0.1, 0.15) is 39.1 Å². The Bertz CT molecular complexity index is 854. The minimum Gasteiger partial charge on any atom is -0.465 e. The van der Waals surface area contributed by atoms with Crippen LogP contribution in [0, 0.1) is 19.8 Å². The van der Waals surface area contributed by atoms with Crippen LogP contribution in [-0.4, -0.2) is 79.5 Å². The molecule has 10 nitrogen and oxygen atoms in total. The van der Waals surface area contributed by atoms with Gasteiger partial charge in [-0.3, -0.25) is 14.9 Å². The van der Waals surface area contributed by atoms with E-state index < -0.39 is 21.5 Å². The molecule has 0 saturated carbocycles. The Kier molecular flexibility index (Phi) is 7.64. The number of carbonyl (C=O) groups is 2. The lowest BCUT2D eigenvalue weighted by atomic mass is 9.88. The number of aromatic nitrogens is 1. The second-order valence-corrected chi connectivity index (χ2v) is 9.74. The van der Waals surface area contributed by atoms with Crippen LogP contribution in [0.4, 0.5) is 0 Å². The van der Waals surface area contributed by atoms with Gasteiger partial charge in [0.2, 0.25) is 15.9 Å². The maximum Gasteiger partial charge on any atom is 0.326 e. The van der Waals surface area contributed by atoms with Crippen molar-refractivity contribution in [2.24, 2.45) is 5.92 Å². The number of ether oxygens (including phenoxy) is 1. The van der Waals surface area contributed by atoms with Crippen molar-refractivity contribution in [1.29, 1.82) is 0 Å². The topological polar surface area (TPSA) is 122 Å². The first-order valence-corrected chi connectivity index (χ1v) is 11.5. The highest BCUT2D eigenvalue weighted by atomic mass is 32.2. The van der Waals surface area contributed by atoms with Gasteiger partial charge in [0, 0.05) is 26.2 Å². The monoisotopic (exact) mass is 444 g/mol. The van der Waals surface area contributed by atoms with E-state index in [-0.39, 0.29) is 61.8 Å². The van der Waals surface area contributed by atoms with Gasteiger partial charge < -0.3 is 14.2 Å². The van der Waals surface area contributed by atoms with Crippen LogP contribution < -0.4 is 5.32 Å². The van der Waals surface area contributed by atoms with Crippen LogP contribution in [0.5, 0.6) is 0 Å². The van der Waals surface area contributed by atoms with Crippen molar-refractivity contribution in [1.82, 2.24) is 19.7 Å². The first kappa shape index (κ1) is 24.3. The Hall–Kier alpha value is -1.98. The molecule has 0 aromatic carbocycles. The molecule has 0 unspecified atom stereocenters. The van der Waals surface area contributed by atoms with E-state index in [0.717, 1.165) is 0 Å². The molecule has 170 valence electrons. The van der Waals surface area contributed by atoms with Gasteiger partial charge in [-0.1, -0.05) is 19.0 Å². The van der Waals surface area contributed by atoms with E-state index in [0.29, 0.717) is 5.69 Å². The third-order valence-electron chi connectivity index (χ3n) is 5.62. The number of carbonyl (C=O) groups excluding carboxylic acids is 2. The lowest BCUT2D eigenvalue weighted by molar-refractivity contribution is -0.152. The third kappa shape index (κ3) is 4.84. The van der Waals surface area contributed by atoms with E-state index in [9.17, 15) is 18.0 Å². The molecule has 30 heavy (non-hydrogen) atoms. The summed E-state index contributed by atoms with van der Waals surface area (Å²) in [4.78, 5) is 26.7. The minimum absolute atomic E-state index is 0.0376. The van der Waals surface area contributed by atoms with Gasteiger partial charge in [-0.15, -0.1) is 0 Å². The number of nitrogens with one attached hydrogen (secondary N) is 1. The van der Waals surface area contributed by atoms with Gasteiger partial charge in [0.15, 0.2) is 5.76 Å². The summed E-state index contributed by atoms with van der Waals surface area (Å²) in [7, 11) is -3.73. The molecule has 2 heterocycles. The van der Waals surface area contributed by atoms with E-state index in [1.165, 1.54) is 4.31 Å². The Morgan fingerprint density at radius 1 is 1.23 bits per heavy atom. The lowest BCUT2D eigenvalue weighted by Crippen LogP contribution is -2.58. The standard InChI is InChI=1S/C19H32N4O6S/c1-7-28-18(25)19(6,13(2)3)20-12-16(24)22-8-10-23(11-9-22)30(26,27)17-14(4)21-29-15(17)5/h13,20H,7-12H2,1-6H3/t19-/m0/s1. The Morgan fingerprint density at radius 2 is 1.83 bits per heavy atom. The molecular formula is C19H32N4O6S. The van der Waals surface area contributed by atoms with E-state index in [1.54, 1.807) is 32.6 Å². The summed E-state index contributed by atoms with van der Waals surface area (Å²) in [6.07, 6.45) is 0. The van der Waals surface area contributed by atoms with Crippen molar-refractivity contribution in [3.05, 3.63) is 11.5 Å². The number of rotatable bonds is 8. The van der Waals surface area contributed by atoms with E-state index >= 15 is 0 Å². The van der Waals surface area contributed by atoms with Crippen molar-refractivity contribution in [2.75, 3.05) is 39.3 Å². The van der Waals surface area contributed by atoms with Gasteiger partial charge in [0.1, 0.15) is 16.1 Å². The van der Waals surface area contributed by atoms with Crippen molar-refractivity contribution in [3.63, 3.8) is 0 Å². The summed E-state index contributed by atoms with van der Waals surface area (Å²) < 4.78 is 37.3. The fourth-order valence-corrected chi connectivity index (χ4v) is 5.03. The van der Waals surface area contributed by atoms with Crippen molar-refractivity contribution >= 4 is 21.9 Å². The van der Waals surface area contributed by atoms with Gasteiger partial charge in [0.25, 0.3) is 0 Å². The van der Waals surface area contributed by atoms with Crippen molar-refractivity contribution in [3.8, 4) is 0 Å². The average molecular weight is 445 g/mol. The molecule has 2 rings (SSSR count). The maximum atomic E-state index is 12.9. The van der Waals surface area contributed by atoms with Crippen LogP contribution in [0.2, 0.25) is 0 Å². The minimum atomic E-state index is -3.73. The highest BCUT2D eigenvalue weighted by Crippen LogP contribution is 2.24. The molecule has 0 bridgehead atoms. The smallest absolute Gasteiger partial charge is 0.326 e. The zero-order valence-corrected chi connectivity index (χ0v) is 19.3. The molecule has 1 aliphatic rings. The number of piperazine rings is 1. The Balaban J connectivity index is 1.98. The van der Waals surface area contributed by atoms with E-state index in [1.807, 2.05) is 13.8 Å². The first-order valence-electron chi connectivity index (χ1n) is 10.1. The van der Waals surface area contributed by atoms with Crippen LogP contribution in [-0.2, 0) is 24.3 Å². The normalized spacial score (nSPS) is 17.8. The van der Waals surface area contributed by atoms with Gasteiger partial charge in [-0.25, -0.2) is 8.42 Å². The Labute approximate surface area is 177 Å². The van der Waals surface area contributed by atoms with Crippen LogP contribution in [0.25, 0.3) is 0 Å². The molecule has 1 N–H and O–H groups in total. The second kappa shape index (κ2) is 9.44. The van der Waals surface area contributed by atoms with Crippen molar-refractivity contribution in [2.45, 2.75) is 52.0 Å². The number of sulfonamides is 1. The van der Waals surface area contributed by atoms with Gasteiger partial charge in [-0.05, 0) is 33.6 Å². The third-order valence-corrected chi connectivity index (χ3v) is 7.76. The highest BCUT2D eigenvalue weighted by molar-refractivity contribution is 7.89. The molecule has 1 aliphatic heterocycles. The number of esters is 1. The second-order valence-electron chi connectivity index (χ2n) is 7.87. The predicted octanol–water partition coefficient (Wildman–Crippen LogP) is 0.692. The average Bonchev–Trinajstić information content (AvgIpc) is 3.04. The molecule has 11 heteroatoms. The summed E-state index contributed by atoms with van der Waals surface area (Å²) in [5.74, 6) is -0.424.